The van der Waals surface area contributed by atoms with Crippen LogP contribution in [0.2, 0.25) is 0 Å². The van der Waals surface area contributed by atoms with Gasteiger partial charge < -0.3 is 15.1 Å². The Kier molecular flexibility index (Phi) is 4.19. The molecular formula is C12H25N3O. The Labute approximate surface area is 99.0 Å². The summed E-state index contributed by atoms with van der Waals surface area (Å²) in [6.07, 6.45) is 0. The molecule has 0 saturated carbocycles. The summed E-state index contributed by atoms with van der Waals surface area (Å²) < 4.78 is 0. The van der Waals surface area contributed by atoms with Crippen molar-refractivity contribution in [3.05, 3.63) is 0 Å². The molecule has 4 nitrogen and oxygen atoms in total. The predicted octanol–water partition coefficient (Wildman–Crippen LogP) is 1.38. The van der Waals surface area contributed by atoms with Gasteiger partial charge in [0.15, 0.2) is 0 Å². The molecule has 1 saturated heterocycles. The summed E-state index contributed by atoms with van der Waals surface area (Å²) in [4.78, 5) is 16.1. The van der Waals surface area contributed by atoms with Gasteiger partial charge in [-0.3, -0.25) is 0 Å². The predicted molar refractivity (Wildman–Crippen MR) is 66.5 cm³/mol. The average molecular weight is 227 g/mol. The van der Waals surface area contributed by atoms with Crippen LogP contribution in [-0.2, 0) is 0 Å². The second-order valence-corrected chi connectivity index (χ2v) is 6.00. The number of nitrogens with zero attached hydrogens (tertiary/aromatic N) is 2. The molecule has 1 aliphatic rings. The number of rotatable bonds is 1. The van der Waals surface area contributed by atoms with Gasteiger partial charge >= 0.3 is 6.03 Å². The largest absolute Gasteiger partial charge is 0.337 e. The molecule has 0 aromatic carbocycles. The number of piperazine rings is 1. The molecule has 0 aromatic heterocycles. The van der Waals surface area contributed by atoms with Gasteiger partial charge in [-0.2, -0.15) is 0 Å². The zero-order chi connectivity index (χ0) is 12.3. The zero-order valence-corrected chi connectivity index (χ0v) is 11.2. The van der Waals surface area contributed by atoms with Crippen LogP contribution in [0.4, 0.5) is 4.79 Å². The lowest BCUT2D eigenvalue weighted by Crippen LogP contribution is -2.55. The van der Waals surface area contributed by atoms with E-state index in [0.29, 0.717) is 6.04 Å². The number of likely N-dealkylation sites (N-methyl/N-ethyl adjacent to an activating group) is 1. The molecule has 1 rings (SSSR count). The summed E-state index contributed by atoms with van der Waals surface area (Å²) in [5.74, 6) is 0. The summed E-state index contributed by atoms with van der Waals surface area (Å²) in [6.45, 7) is 11.9. The molecule has 1 N–H and O–H groups in total. The highest BCUT2D eigenvalue weighted by molar-refractivity contribution is 5.74. The maximum Gasteiger partial charge on any atom is 0.317 e. The monoisotopic (exact) mass is 227 g/mol. The van der Waals surface area contributed by atoms with E-state index < -0.39 is 0 Å². The fraction of sp³-hybridized carbons (Fsp3) is 0.917. The van der Waals surface area contributed by atoms with Gasteiger partial charge in [-0.15, -0.1) is 0 Å². The molecule has 4 heteroatoms. The van der Waals surface area contributed by atoms with Gasteiger partial charge in [0.05, 0.1) is 0 Å². The average Bonchev–Trinajstić information content (AvgIpc) is 2.17. The van der Waals surface area contributed by atoms with E-state index in [2.05, 4.69) is 45.0 Å². The highest BCUT2D eigenvalue weighted by Gasteiger charge is 2.24. The van der Waals surface area contributed by atoms with E-state index in [1.807, 2.05) is 4.90 Å². The molecule has 1 unspecified atom stereocenters. The first-order valence-electron chi connectivity index (χ1n) is 6.02. The van der Waals surface area contributed by atoms with E-state index in [9.17, 15) is 4.79 Å². The standard InChI is InChI=1S/C12H25N3O/c1-10-8-15(7-6-14(10)5)11(16)13-9-12(2,3)4/h10H,6-9H2,1-5H3,(H,13,16). The highest BCUT2D eigenvalue weighted by Crippen LogP contribution is 2.11. The first-order valence-corrected chi connectivity index (χ1v) is 6.02. The third kappa shape index (κ3) is 4.00. The molecule has 94 valence electrons. The molecule has 0 bridgehead atoms. The van der Waals surface area contributed by atoms with Crippen LogP contribution in [0.3, 0.4) is 0 Å². The molecule has 16 heavy (non-hydrogen) atoms. The van der Waals surface area contributed by atoms with Gasteiger partial charge in [-0.25, -0.2) is 4.79 Å². The van der Waals surface area contributed by atoms with Crippen LogP contribution in [-0.4, -0.2) is 55.1 Å². The van der Waals surface area contributed by atoms with E-state index in [1.165, 1.54) is 0 Å². The van der Waals surface area contributed by atoms with Crippen LogP contribution in [0.15, 0.2) is 0 Å². The Bertz CT molecular complexity index is 247. The lowest BCUT2D eigenvalue weighted by atomic mass is 9.97. The minimum atomic E-state index is 0.0786. The molecule has 0 aliphatic carbocycles. The Hall–Kier alpha value is -0.770. The number of amides is 2. The Morgan fingerprint density at radius 2 is 2.00 bits per heavy atom. The molecule has 0 spiro atoms. The topological polar surface area (TPSA) is 35.6 Å². The molecule has 0 aromatic rings. The minimum absolute atomic E-state index is 0.0786. The molecule has 1 atom stereocenters. The second kappa shape index (κ2) is 5.04. The number of hydrogen-bond donors (Lipinski definition) is 1. The lowest BCUT2D eigenvalue weighted by Gasteiger charge is -2.38. The first-order chi connectivity index (χ1) is 7.29. The normalized spacial score (nSPS) is 23.3. The van der Waals surface area contributed by atoms with E-state index >= 15 is 0 Å². The van der Waals surface area contributed by atoms with Crippen LogP contribution in [0.25, 0.3) is 0 Å². The van der Waals surface area contributed by atoms with Crippen molar-refractivity contribution in [1.29, 1.82) is 0 Å². The third-order valence-corrected chi connectivity index (χ3v) is 3.02. The van der Waals surface area contributed by atoms with Crippen LogP contribution in [0.5, 0.6) is 0 Å². The zero-order valence-electron chi connectivity index (χ0n) is 11.2. The molecule has 1 aliphatic heterocycles. The Morgan fingerprint density at radius 1 is 1.38 bits per heavy atom. The van der Waals surface area contributed by atoms with E-state index in [1.54, 1.807) is 0 Å². The van der Waals surface area contributed by atoms with Crippen molar-refractivity contribution in [3.63, 3.8) is 0 Å². The highest BCUT2D eigenvalue weighted by atomic mass is 16.2. The van der Waals surface area contributed by atoms with Crippen molar-refractivity contribution in [3.8, 4) is 0 Å². The molecule has 1 fully saturated rings. The van der Waals surface area contributed by atoms with Crippen molar-refractivity contribution in [1.82, 2.24) is 15.1 Å². The minimum Gasteiger partial charge on any atom is -0.337 e. The fourth-order valence-electron chi connectivity index (χ4n) is 1.69. The van der Waals surface area contributed by atoms with Gasteiger partial charge in [0.25, 0.3) is 0 Å². The van der Waals surface area contributed by atoms with Crippen molar-refractivity contribution in [2.45, 2.75) is 33.7 Å². The van der Waals surface area contributed by atoms with Crippen LogP contribution in [0, 0.1) is 5.41 Å². The summed E-state index contributed by atoms with van der Waals surface area (Å²) in [7, 11) is 2.11. The van der Waals surface area contributed by atoms with E-state index in [-0.39, 0.29) is 11.4 Å². The Balaban J connectivity index is 2.38. The summed E-state index contributed by atoms with van der Waals surface area (Å²) in [6, 6.07) is 0.531. The van der Waals surface area contributed by atoms with Crippen molar-refractivity contribution >= 4 is 6.03 Å². The number of carbonyl (C=O) groups is 1. The van der Waals surface area contributed by atoms with Crippen LogP contribution >= 0.6 is 0 Å². The van der Waals surface area contributed by atoms with Gasteiger partial charge in [0.1, 0.15) is 0 Å². The van der Waals surface area contributed by atoms with Gasteiger partial charge in [-0.1, -0.05) is 20.8 Å². The number of nitrogens with one attached hydrogen (secondary N) is 1. The smallest absolute Gasteiger partial charge is 0.317 e. The summed E-state index contributed by atoms with van der Waals surface area (Å²) >= 11 is 0. The van der Waals surface area contributed by atoms with Gasteiger partial charge in [-0.05, 0) is 19.4 Å². The van der Waals surface area contributed by atoms with Crippen molar-refractivity contribution in [2.75, 3.05) is 33.2 Å². The second-order valence-electron chi connectivity index (χ2n) is 6.00. The summed E-state index contributed by atoms with van der Waals surface area (Å²) in [5.41, 5.74) is 0.147. The van der Waals surface area contributed by atoms with Crippen molar-refractivity contribution in [2.24, 2.45) is 5.41 Å². The quantitative estimate of drug-likeness (QED) is 0.734. The van der Waals surface area contributed by atoms with Gasteiger partial charge in [0.2, 0.25) is 0 Å². The molecular weight excluding hydrogens is 202 g/mol. The molecule has 2 amide bonds. The lowest BCUT2D eigenvalue weighted by molar-refractivity contribution is 0.116. The van der Waals surface area contributed by atoms with Crippen LogP contribution in [0.1, 0.15) is 27.7 Å². The van der Waals surface area contributed by atoms with Gasteiger partial charge in [0, 0.05) is 32.2 Å². The third-order valence-electron chi connectivity index (χ3n) is 3.02. The first kappa shape index (κ1) is 13.3. The number of carbonyl (C=O) groups excluding carboxylic acids is 1. The van der Waals surface area contributed by atoms with E-state index in [4.69, 9.17) is 0 Å². The summed E-state index contributed by atoms with van der Waals surface area (Å²) in [5, 5.41) is 3.00. The molecule has 0 radical (unpaired) electrons. The SMILES string of the molecule is CC1CN(C(=O)NCC(C)(C)C)CCN1C. The fourth-order valence-corrected chi connectivity index (χ4v) is 1.69. The van der Waals surface area contributed by atoms with E-state index in [0.717, 1.165) is 26.2 Å². The maximum atomic E-state index is 11.9. The number of urea groups is 1. The molecule has 1 heterocycles. The number of hydrogen-bond acceptors (Lipinski definition) is 2. The maximum absolute atomic E-state index is 11.9. The Morgan fingerprint density at radius 3 is 2.50 bits per heavy atom. The van der Waals surface area contributed by atoms with Crippen LogP contribution < -0.4 is 5.32 Å². The van der Waals surface area contributed by atoms with Crippen molar-refractivity contribution < 1.29 is 4.79 Å².